The van der Waals surface area contributed by atoms with E-state index in [1.165, 1.54) is 5.57 Å². The van der Waals surface area contributed by atoms with E-state index in [1.807, 2.05) is 21.9 Å². The molecule has 0 saturated carbocycles. The molecule has 1 unspecified atom stereocenters. The van der Waals surface area contributed by atoms with Crippen LogP contribution in [0.15, 0.2) is 24.3 Å². The number of nitrogens with zero attached hydrogens (tertiary/aromatic N) is 2. The van der Waals surface area contributed by atoms with Gasteiger partial charge >= 0.3 is 0 Å². The molecule has 1 aromatic rings. The van der Waals surface area contributed by atoms with Gasteiger partial charge in [-0.3, -0.25) is 9.59 Å². The van der Waals surface area contributed by atoms with Crippen molar-refractivity contribution in [3.63, 3.8) is 0 Å². The van der Waals surface area contributed by atoms with Gasteiger partial charge in [0.25, 0.3) is 5.91 Å². The van der Waals surface area contributed by atoms with E-state index < -0.39 is 0 Å². The van der Waals surface area contributed by atoms with E-state index in [-0.39, 0.29) is 11.8 Å². The molecule has 24 heavy (non-hydrogen) atoms. The van der Waals surface area contributed by atoms with Crippen molar-refractivity contribution in [1.82, 2.24) is 15.1 Å². The van der Waals surface area contributed by atoms with Crippen LogP contribution in [0.2, 0.25) is 0 Å². The predicted molar refractivity (Wildman–Crippen MR) is 92.4 cm³/mol. The maximum Gasteiger partial charge on any atom is 0.254 e. The quantitative estimate of drug-likeness (QED) is 0.899. The first kappa shape index (κ1) is 15.4. The Morgan fingerprint density at radius 2 is 2.17 bits per heavy atom. The molecule has 1 aromatic carbocycles. The molecule has 1 N–H and O–H groups in total. The molecular weight excluding hydrogens is 302 g/mol. The first-order valence-electron chi connectivity index (χ1n) is 8.73. The van der Waals surface area contributed by atoms with Gasteiger partial charge in [-0.1, -0.05) is 12.1 Å². The van der Waals surface area contributed by atoms with Crippen molar-refractivity contribution >= 4 is 17.4 Å². The van der Waals surface area contributed by atoms with Crippen LogP contribution >= 0.6 is 0 Å². The van der Waals surface area contributed by atoms with E-state index in [9.17, 15) is 9.59 Å². The standard InChI is InChI=1S/C19H23N3O2/c1-13(23)21-8-6-15(11-21)14-4-5-18-16(9-14)12-22(19(18)24)17-3-2-7-20-10-17/h4-6,9,17,20H,2-3,7-8,10-12H2,1H3. The maximum absolute atomic E-state index is 12.7. The van der Waals surface area contributed by atoms with E-state index in [0.29, 0.717) is 25.7 Å². The van der Waals surface area contributed by atoms with Crippen LogP contribution < -0.4 is 5.32 Å². The van der Waals surface area contributed by atoms with Crippen LogP contribution in [0.25, 0.3) is 5.57 Å². The summed E-state index contributed by atoms with van der Waals surface area (Å²) in [5, 5.41) is 3.39. The molecule has 0 bridgehead atoms. The topological polar surface area (TPSA) is 52.7 Å². The summed E-state index contributed by atoms with van der Waals surface area (Å²) < 4.78 is 0. The molecule has 0 spiro atoms. The van der Waals surface area contributed by atoms with Gasteiger partial charge in [0.1, 0.15) is 0 Å². The molecule has 126 valence electrons. The van der Waals surface area contributed by atoms with E-state index in [1.54, 1.807) is 6.92 Å². The summed E-state index contributed by atoms with van der Waals surface area (Å²) in [4.78, 5) is 28.1. The van der Waals surface area contributed by atoms with Crippen molar-refractivity contribution in [2.75, 3.05) is 26.2 Å². The van der Waals surface area contributed by atoms with E-state index in [2.05, 4.69) is 17.5 Å². The minimum absolute atomic E-state index is 0.105. The lowest BCUT2D eigenvalue weighted by molar-refractivity contribution is -0.127. The van der Waals surface area contributed by atoms with Gasteiger partial charge in [-0.25, -0.2) is 0 Å². The predicted octanol–water partition coefficient (Wildman–Crippen LogP) is 1.64. The minimum atomic E-state index is 0.105. The molecule has 3 aliphatic rings. The first-order valence-corrected chi connectivity index (χ1v) is 8.73. The lowest BCUT2D eigenvalue weighted by Crippen LogP contribution is -2.46. The highest BCUT2D eigenvalue weighted by atomic mass is 16.2. The minimum Gasteiger partial charge on any atom is -0.335 e. The number of piperidine rings is 1. The molecule has 5 heteroatoms. The molecule has 3 heterocycles. The molecule has 1 saturated heterocycles. The highest BCUT2D eigenvalue weighted by molar-refractivity contribution is 5.99. The third-order valence-corrected chi connectivity index (χ3v) is 5.38. The second-order valence-corrected chi connectivity index (χ2v) is 6.93. The summed E-state index contributed by atoms with van der Waals surface area (Å²) in [7, 11) is 0. The van der Waals surface area contributed by atoms with Crippen LogP contribution in [-0.4, -0.2) is 53.8 Å². The van der Waals surface area contributed by atoms with Gasteiger partial charge in [0.2, 0.25) is 5.91 Å². The third kappa shape index (κ3) is 2.63. The second-order valence-electron chi connectivity index (χ2n) is 6.93. The number of carbonyl (C=O) groups excluding carboxylic acids is 2. The zero-order valence-corrected chi connectivity index (χ0v) is 14.0. The Morgan fingerprint density at radius 3 is 2.88 bits per heavy atom. The number of amides is 2. The van der Waals surface area contributed by atoms with E-state index in [0.717, 1.165) is 42.6 Å². The van der Waals surface area contributed by atoms with Crippen molar-refractivity contribution in [3.05, 3.63) is 41.0 Å². The fourth-order valence-corrected chi connectivity index (χ4v) is 3.94. The number of hydrogen-bond acceptors (Lipinski definition) is 3. The van der Waals surface area contributed by atoms with Crippen molar-refractivity contribution in [2.24, 2.45) is 0 Å². The number of benzene rings is 1. The van der Waals surface area contributed by atoms with Crippen LogP contribution in [-0.2, 0) is 11.3 Å². The van der Waals surface area contributed by atoms with Gasteiger partial charge in [0.15, 0.2) is 0 Å². The van der Waals surface area contributed by atoms with Crippen LogP contribution in [0, 0.1) is 0 Å². The largest absolute Gasteiger partial charge is 0.335 e. The highest BCUT2D eigenvalue weighted by Gasteiger charge is 2.33. The zero-order valence-electron chi connectivity index (χ0n) is 14.0. The SMILES string of the molecule is CC(=O)N1CC=C(c2ccc3c(c2)CN(C2CCCNC2)C3=O)C1. The smallest absolute Gasteiger partial charge is 0.254 e. The summed E-state index contributed by atoms with van der Waals surface area (Å²) in [5.41, 5.74) is 4.27. The molecule has 1 atom stereocenters. The van der Waals surface area contributed by atoms with Gasteiger partial charge in [-0.05, 0) is 48.2 Å². The maximum atomic E-state index is 12.7. The Kier molecular flexibility index (Phi) is 3.88. The van der Waals surface area contributed by atoms with Gasteiger partial charge in [-0.2, -0.15) is 0 Å². The van der Waals surface area contributed by atoms with Gasteiger partial charge in [0, 0.05) is 44.7 Å². The Bertz CT molecular complexity index is 719. The molecule has 1 fully saturated rings. The number of hydrogen-bond donors (Lipinski definition) is 1. The lowest BCUT2D eigenvalue weighted by atomic mass is 10.0. The van der Waals surface area contributed by atoms with Crippen LogP contribution in [0.3, 0.4) is 0 Å². The molecule has 2 amide bonds. The third-order valence-electron chi connectivity index (χ3n) is 5.38. The molecule has 0 aliphatic carbocycles. The molecule has 0 radical (unpaired) electrons. The summed E-state index contributed by atoms with van der Waals surface area (Å²) in [6.45, 7) is 5.60. The van der Waals surface area contributed by atoms with Gasteiger partial charge < -0.3 is 15.1 Å². The fraction of sp³-hybridized carbons (Fsp3) is 0.474. The Balaban J connectivity index is 1.54. The van der Waals surface area contributed by atoms with Gasteiger partial charge in [-0.15, -0.1) is 0 Å². The highest BCUT2D eigenvalue weighted by Crippen LogP contribution is 2.30. The molecule has 3 aliphatic heterocycles. The summed E-state index contributed by atoms with van der Waals surface area (Å²) in [6.07, 6.45) is 4.32. The monoisotopic (exact) mass is 325 g/mol. The normalized spacial score (nSPS) is 23.5. The Hall–Kier alpha value is -2.14. The zero-order chi connectivity index (χ0) is 16.7. The summed E-state index contributed by atoms with van der Waals surface area (Å²) in [5.74, 6) is 0.268. The Morgan fingerprint density at radius 1 is 1.29 bits per heavy atom. The first-order chi connectivity index (χ1) is 11.6. The van der Waals surface area contributed by atoms with E-state index in [4.69, 9.17) is 0 Å². The van der Waals surface area contributed by atoms with Crippen LogP contribution in [0.5, 0.6) is 0 Å². The molecule has 5 nitrogen and oxygen atoms in total. The molecular formula is C19H23N3O2. The van der Waals surface area contributed by atoms with Crippen molar-refractivity contribution < 1.29 is 9.59 Å². The molecule has 4 rings (SSSR count). The average Bonchev–Trinajstić information content (AvgIpc) is 3.21. The molecule has 0 aromatic heterocycles. The van der Waals surface area contributed by atoms with Crippen LogP contribution in [0.1, 0.15) is 41.3 Å². The van der Waals surface area contributed by atoms with Crippen molar-refractivity contribution in [2.45, 2.75) is 32.4 Å². The number of carbonyl (C=O) groups is 2. The fourth-order valence-electron chi connectivity index (χ4n) is 3.94. The van der Waals surface area contributed by atoms with Gasteiger partial charge in [0.05, 0.1) is 0 Å². The number of rotatable bonds is 2. The van der Waals surface area contributed by atoms with Crippen molar-refractivity contribution in [3.8, 4) is 0 Å². The lowest BCUT2D eigenvalue weighted by Gasteiger charge is -2.31. The summed E-state index contributed by atoms with van der Waals surface area (Å²) >= 11 is 0. The van der Waals surface area contributed by atoms with Crippen LogP contribution in [0.4, 0.5) is 0 Å². The van der Waals surface area contributed by atoms with Crippen molar-refractivity contribution in [1.29, 1.82) is 0 Å². The van der Waals surface area contributed by atoms with E-state index >= 15 is 0 Å². The second kappa shape index (κ2) is 6.06. The summed E-state index contributed by atoms with van der Waals surface area (Å²) in [6, 6.07) is 6.43. The number of fused-ring (bicyclic) bond motifs is 1. The average molecular weight is 325 g/mol. The number of nitrogens with one attached hydrogen (secondary N) is 1. The Labute approximate surface area is 142 Å².